The number of thioether (sulfide) groups is 1. The topological polar surface area (TPSA) is 34.0 Å². The minimum atomic E-state index is 0.0115. The fraction of sp³-hybridized carbons (Fsp3) is 0.267. The Bertz CT molecular complexity index is 523. The standard InChI is InChI=1S/C15H18N2OS/c1-19-14-8-3-2-7-13(14)15(18)16-9-6-12-17-10-4-5-11-17/h2-5,7-8,10-11H,6,9,12H2,1H3,(H,16,18). The lowest BCUT2D eigenvalue weighted by molar-refractivity contribution is 0.0950. The van der Waals surface area contributed by atoms with E-state index in [-0.39, 0.29) is 5.91 Å². The van der Waals surface area contributed by atoms with Gasteiger partial charge in [-0.3, -0.25) is 4.79 Å². The van der Waals surface area contributed by atoms with Crippen LogP contribution < -0.4 is 5.32 Å². The first-order valence-electron chi connectivity index (χ1n) is 6.33. The van der Waals surface area contributed by atoms with E-state index in [4.69, 9.17) is 0 Å². The van der Waals surface area contributed by atoms with E-state index in [1.165, 1.54) is 0 Å². The molecule has 4 heteroatoms. The van der Waals surface area contributed by atoms with E-state index in [0.717, 1.165) is 23.4 Å². The highest BCUT2D eigenvalue weighted by molar-refractivity contribution is 7.98. The van der Waals surface area contributed by atoms with Crippen molar-refractivity contribution in [3.8, 4) is 0 Å². The third-order valence-corrected chi connectivity index (χ3v) is 3.69. The summed E-state index contributed by atoms with van der Waals surface area (Å²) in [6, 6.07) is 11.7. The minimum absolute atomic E-state index is 0.0115. The molecule has 19 heavy (non-hydrogen) atoms. The summed E-state index contributed by atoms with van der Waals surface area (Å²) in [5, 5.41) is 2.97. The predicted molar refractivity (Wildman–Crippen MR) is 79.6 cm³/mol. The second kappa shape index (κ2) is 7.04. The maximum Gasteiger partial charge on any atom is 0.252 e. The highest BCUT2D eigenvalue weighted by Gasteiger charge is 2.08. The maximum absolute atomic E-state index is 12.1. The van der Waals surface area contributed by atoms with Crippen molar-refractivity contribution in [1.82, 2.24) is 9.88 Å². The zero-order valence-electron chi connectivity index (χ0n) is 11.0. The lowest BCUT2D eigenvalue weighted by Gasteiger charge is -2.08. The third-order valence-electron chi connectivity index (χ3n) is 2.90. The Labute approximate surface area is 118 Å². The predicted octanol–water partition coefficient (Wildman–Crippen LogP) is 3.03. The Morgan fingerprint density at radius 3 is 2.68 bits per heavy atom. The molecule has 0 radical (unpaired) electrons. The third kappa shape index (κ3) is 3.89. The zero-order valence-corrected chi connectivity index (χ0v) is 11.8. The van der Waals surface area contributed by atoms with Crippen molar-refractivity contribution < 1.29 is 4.79 Å². The van der Waals surface area contributed by atoms with Gasteiger partial charge in [0.25, 0.3) is 5.91 Å². The van der Waals surface area contributed by atoms with Crippen molar-refractivity contribution in [2.45, 2.75) is 17.9 Å². The van der Waals surface area contributed by atoms with Crippen LogP contribution in [0, 0.1) is 0 Å². The number of hydrogen-bond acceptors (Lipinski definition) is 2. The van der Waals surface area contributed by atoms with Gasteiger partial charge in [-0.25, -0.2) is 0 Å². The molecule has 0 unspecified atom stereocenters. The molecule has 0 aliphatic rings. The molecule has 0 fully saturated rings. The number of amides is 1. The van der Waals surface area contributed by atoms with Gasteiger partial charge >= 0.3 is 0 Å². The summed E-state index contributed by atoms with van der Waals surface area (Å²) in [6.45, 7) is 1.62. The Kier molecular flexibility index (Phi) is 5.10. The van der Waals surface area contributed by atoms with Crippen LogP contribution >= 0.6 is 11.8 Å². The first kappa shape index (κ1) is 13.7. The lowest BCUT2D eigenvalue weighted by atomic mass is 10.2. The first-order valence-corrected chi connectivity index (χ1v) is 7.55. The number of nitrogens with one attached hydrogen (secondary N) is 1. The number of carbonyl (C=O) groups is 1. The molecule has 0 spiro atoms. The molecule has 1 aromatic carbocycles. The molecule has 0 atom stereocenters. The van der Waals surface area contributed by atoms with Crippen LogP contribution in [0.4, 0.5) is 0 Å². The number of rotatable bonds is 6. The van der Waals surface area contributed by atoms with Gasteiger partial charge in [0.2, 0.25) is 0 Å². The smallest absolute Gasteiger partial charge is 0.252 e. The summed E-state index contributed by atoms with van der Waals surface area (Å²) in [5.74, 6) is 0.0115. The fourth-order valence-electron chi connectivity index (χ4n) is 1.91. The van der Waals surface area contributed by atoms with Crippen LogP contribution in [0.3, 0.4) is 0 Å². The molecule has 100 valence electrons. The molecule has 3 nitrogen and oxygen atoms in total. The number of aromatic nitrogens is 1. The van der Waals surface area contributed by atoms with Crippen LogP contribution in [0.15, 0.2) is 53.7 Å². The largest absolute Gasteiger partial charge is 0.354 e. The van der Waals surface area contributed by atoms with Crippen molar-refractivity contribution in [2.24, 2.45) is 0 Å². The van der Waals surface area contributed by atoms with Crippen LogP contribution in [0.1, 0.15) is 16.8 Å². The quantitative estimate of drug-likeness (QED) is 0.649. The van der Waals surface area contributed by atoms with E-state index in [2.05, 4.69) is 9.88 Å². The van der Waals surface area contributed by atoms with Crippen molar-refractivity contribution in [3.63, 3.8) is 0 Å². The Balaban J connectivity index is 1.81. The SMILES string of the molecule is CSc1ccccc1C(=O)NCCCn1cccc1. The molecule has 0 saturated heterocycles. The van der Waals surface area contributed by atoms with Crippen molar-refractivity contribution in [2.75, 3.05) is 12.8 Å². The van der Waals surface area contributed by atoms with Crippen LogP contribution in [-0.4, -0.2) is 23.3 Å². The van der Waals surface area contributed by atoms with Gasteiger partial charge in [-0.15, -0.1) is 11.8 Å². The van der Waals surface area contributed by atoms with E-state index in [1.807, 2.05) is 55.0 Å². The van der Waals surface area contributed by atoms with Crippen LogP contribution in [-0.2, 0) is 6.54 Å². The van der Waals surface area contributed by atoms with E-state index in [9.17, 15) is 4.79 Å². The summed E-state index contributed by atoms with van der Waals surface area (Å²) in [5.41, 5.74) is 0.760. The summed E-state index contributed by atoms with van der Waals surface area (Å²) in [7, 11) is 0. The number of carbonyl (C=O) groups excluding carboxylic acids is 1. The highest BCUT2D eigenvalue weighted by atomic mass is 32.2. The molecule has 1 aromatic heterocycles. The van der Waals surface area contributed by atoms with Gasteiger partial charge < -0.3 is 9.88 Å². The number of hydrogen-bond donors (Lipinski definition) is 1. The second-order valence-electron chi connectivity index (χ2n) is 4.23. The highest BCUT2D eigenvalue weighted by Crippen LogP contribution is 2.19. The molecular weight excluding hydrogens is 256 g/mol. The molecule has 0 saturated carbocycles. The van der Waals surface area contributed by atoms with E-state index >= 15 is 0 Å². The van der Waals surface area contributed by atoms with Gasteiger partial charge in [-0.1, -0.05) is 12.1 Å². The molecule has 1 amide bonds. The molecule has 1 heterocycles. The van der Waals surface area contributed by atoms with Crippen LogP contribution in [0.25, 0.3) is 0 Å². The molecule has 0 aliphatic heterocycles. The molecule has 0 bridgehead atoms. The Hall–Kier alpha value is -1.68. The van der Waals surface area contributed by atoms with Crippen molar-refractivity contribution in [3.05, 3.63) is 54.4 Å². The zero-order chi connectivity index (χ0) is 13.5. The van der Waals surface area contributed by atoms with Gasteiger partial charge in [0.05, 0.1) is 5.56 Å². The van der Waals surface area contributed by atoms with Gasteiger partial charge in [0.1, 0.15) is 0 Å². The van der Waals surface area contributed by atoms with Gasteiger partial charge in [0.15, 0.2) is 0 Å². The monoisotopic (exact) mass is 274 g/mol. The van der Waals surface area contributed by atoms with Crippen molar-refractivity contribution >= 4 is 17.7 Å². The Morgan fingerprint density at radius 1 is 1.21 bits per heavy atom. The second-order valence-corrected chi connectivity index (χ2v) is 5.08. The van der Waals surface area contributed by atoms with Gasteiger partial charge in [-0.2, -0.15) is 0 Å². The lowest BCUT2D eigenvalue weighted by Crippen LogP contribution is -2.25. The molecule has 1 N–H and O–H groups in total. The molecule has 2 aromatic rings. The minimum Gasteiger partial charge on any atom is -0.354 e. The van der Waals surface area contributed by atoms with Gasteiger partial charge in [0, 0.05) is 30.4 Å². The Morgan fingerprint density at radius 2 is 1.95 bits per heavy atom. The van der Waals surface area contributed by atoms with Gasteiger partial charge in [-0.05, 0) is 36.9 Å². The average Bonchev–Trinajstić information content (AvgIpc) is 2.96. The molecule has 2 rings (SSSR count). The summed E-state index contributed by atoms with van der Waals surface area (Å²) in [4.78, 5) is 13.1. The van der Waals surface area contributed by atoms with Crippen molar-refractivity contribution in [1.29, 1.82) is 0 Å². The summed E-state index contributed by atoms with van der Waals surface area (Å²) in [6.07, 6.45) is 6.98. The summed E-state index contributed by atoms with van der Waals surface area (Å²) < 4.78 is 2.11. The number of aryl methyl sites for hydroxylation is 1. The average molecular weight is 274 g/mol. The number of benzene rings is 1. The van der Waals surface area contributed by atoms with Crippen LogP contribution in [0.5, 0.6) is 0 Å². The van der Waals surface area contributed by atoms with Crippen LogP contribution in [0.2, 0.25) is 0 Å². The van der Waals surface area contributed by atoms with E-state index in [0.29, 0.717) is 6.54 Å². The number of nitrogens with zero attached hydrogens (tertiary/aromatic N) is 1. The first-order chi connectivity index (χ1) is 9.31. The fourth-order valence-corrected chi connectivity index (χ4v) is 2.51. The summed E-state index contributed by atoms with van der Waals surface area (Å²) >= 11 is 1.60. The molecular formula is C15H18N2OS. The normalized spacial score (nSPS) is 10.4. The maximum atomic E-state index is 12.1. The van der Waals surface area contributed by atoms with E-state index in [1.54, 1.807) is 11.8 Å². The van der Waals surface area contributed by atoms with E-state index < -0.39 is 0 Å². The molecule has 0 aliphatic carbocycles.